The molecule has 3 aromatic rings. The van der Waals surface area contributed by atoms with Crippen LogP contribution in [0.15, 0.2) is 27.9 Å². The van der Waals surface area contributed by atoms with Crippen molar-refractivity contribution in [2.24, 2.45) is 6.98 Å². The van der Waals surface area contributed by atoms with Crippen molar-refractivity contribution < 1.29 is 17.3 Å². The summed E-state index contributed by atoms with van der Waals surface area (Å²) in [5.41, 5.74) is 0.00362. The molecule has 4 rings (SSSR count). The van der Waals surface area contributed by atoms with Crippen molar-refractivity contribution in [1.29, 1.82) is 0 Å². The molecule has 1 aliphatic heterocycles. The third-order valence-electron chi connectivity index (χ3n) is 5.69. The molecule has 178 valence electrons. The van der Waals surface area contributed by atoms with Gasteiger partial charge in [0.25, 0.3) is 5.56 Å². The van der Waals surface area contributed by atoms with Gasteiger partial charge in [-0.15, -0.1) is 0 Å². The van der Waals surface area contributed by atoms with Crippen LogP contribution in [0.3, 0.4) is 0 Å². The minimum absolute atomic E-state index is 0.0558. The van der Waals surface area contributed by atoms with Gasteiger partial charge in [0.2, 0.25) is 10.0 Å². The van der Waals surface area contributed by atoms with Crippen LogP contribution in [0, 0.1) is 0 Å². The molecule has 0 saturated carbocycles. The second-order valence-electron chi connectivity index (χ2n) is 8.02. The molecule has 0 spiro atoms. The van der Waals surface area contributed by atoms with Gasteiger partial charge in [0.15, 0.2) is 5.52 Å². The lowest BCUT2D eigenvalue weighted by Crippen LogP contribution is -2.47. The maximum atomic E-state index is 13.4. The summed E-state index contributed by atoms with van der Waals surface area (Å²) < 4.78 is 57.9. The Morgan fingerprint density at radius 1 is 1.21 bits per heavy atom. The quantitative estimate of drug-likeness (QED) is 0.550. The van der Waals surface area contributed by atoms with Crippen molar-refractivity contribution in [3.8, 4) is 17.1 Å². The molecule has 1 aromatic carbocycles. The van der Waals surface area contributed by atoms with Gasteiger partial charge in [-0.05, 0) is 38.6 Å². The van der Waals surface area contributed by atoms with Gasteiger partial charge in [0.1, 0.15) is 17.1 Å². The second-order valence-corrected chi connectivity index (χ2v) is 9.96. The van der Waals surface area contributed by atoms with Crippen molar-refractivity contribution in [2.75, 3.05) is 39.8 Å². The van der Waals surface area contributed by atoms with E-state index in [9.17, 15) is 13.2 Å². The predicted molar refractivity (Wildman–Crippen MR) is 126 cm³/mol. The van der Waals surface area contributed by atoms with Gasteiger partial charge < -0.3 is 14.6 Å². The van der Waals surface area contributed by atoms with Gasteiger partial charge in [-0.25, -0.2) is 13.4 Å². The van der Waals surface area contributed by atoms with Gasteiger partial charge in [-0.2, -0.15) is 9.40 Å². The largest absolute Gasteiger partial charge is 0.493 e. The summed E-state index contributed by atoms with van der Waals surface area (Å²) in [4.78, 5) is 22.4. The third kappa shape index (κ3) is 4.40. The maximum Gasteiger partial charge on any atom is 0.277 e. The van der Waals surface area contributed by atoms with Crippen molar-refractivity contribution in [1.82, 2.24) is 29.0 Å². The fourth-order valence-corrected chi connectivity index (χ4v) is 5.38. The van der Waals surface area contributed by atoms with Crippen LogP contribution in [0.1, 0.15) is 30.1 Å². The van der Waals surface area contributed by atoms with E-state index in [1.54, 1.807) is 13.0 Å². The minimum Gasteiger partial charge on any atom is -0.493 e. The number of benzene rings is 1. The molecule has 11 heteroatoms. The lowest BCUT2D eigenvalue weighted by atomic mass is 10.1. The average molecular weight is 478 g/mol. The number of H-pyrrole nitrogens is 1. The van der Waals surface area contributed by atoms with Crippen molar-refractivity contribution in [3.63, 3.8) is 0 Å². The Kier molecular flexibility index (Phi) is 5.51. The summed E-state index contributed by atoms with van der Waals surface area (Å²) in [5, 5.41) is 4.16. The molecule has 0 unspecified atom stereocenters. The number of hydrogen-bond donors (Lipinski definition) is 1. The van der Waals surface area contributed by atoms with E-state index < -0.39 is 22.6 Å². The lowest BCUT2D eigenvalue weighted by molar-refractivity contribution is 0.222. The van der Waals surface area contributed by atoms with Crippen molar-refractivity contribution >= 4 is 21.1 Å². The fraction of sp³-hybridized carbons (Fsp3) is 0.500. The smallest absolute Gasteiger partial charge is 0.277 e. The summed E-state index contributed by atoms with van der Waals surface area (Å²) in [6.07, 6.45) is 1.09. The molecule has 1 fully saturated rings. The van der Waals surface area contributed by atoms with E-state index in [1.807, 2.05) is 14.0 Å². The summed E-state index contributed by atoms with van der Waals surface area (Å²) in [6.45, 7) is 3.35. The third-order valence-corrected chi connectivity index (χ3v) is 7.59. The molecule has 0 amide bonds. The highest BCUT2D eigenvalue weighted by Crippen LogP contribution is 2.32. The first-order valence-electron chi connectivity index (χ1n) is 12.5. The minimum atomic E-state index is -3.79. The zero-order chi connectivity index (χ0) is 26.3. The average Bonchev–Trinajstić information content (AvgIpc) is 3.19. The number of fused-ring (bicyclic) bond motifs is 1. The van der Waals surface area contributed by atoms with Gasteiger partial charge in [-0.3, -0.25) is 9.48 Å². The first kappa shape index (κ1) is 19.7. The van der Waals surface area contributed by atoms with Crippen LogP contribution in [0.5, 0.6) is 5.75 Å². The molecule has 1 N–H and O–H groups in total. The second kappa shape index (κ2) is 9.24. The lowest BCUT2D eigenvalue weighted by Gasteiger charge is -2.31. The van der Waals surface area contributed by atoms with E-state index in [1.165, 1.54) is 16.4 Å². The summed E-state index contributed by atoms with van der Waals surface area (Å²) in [5.74, 6) is 0.423. The van der Waals surface area contributed by atoms with Crippen LogP contribution >= 0.6 is 0 Å². The summed E-state index contributed by atoms with van der Waals surface area (Å²) in [6, 6.07) is 4.47. The summed E-state index contributed by atoms with van der Waals surface area (Å²) >= 11 is 0. The van der Waals surface area contributed by atoms with Gasteiger partial charge in [0.05, 0.1) is 22.8 Å². The van der Waals surface area contributed by atoms with Crippen LogP contribution < -0.4 is 10.3 Å². The van der Waals surface area contributed by atoms with E-state index >= 15 is 0 Å². The molecule has 0 atom stereocenters. The first-order chi connectivity index (χ1) is 17.0. The highest BCUT2D eigenvalue weighted by molar-refractivity contribution is 7.89. The first-order valence-corrected chi connectivity index (χ1v) is 12.4. The number of aromatic amines is 1. The van der Waals surface area contributed by atoms with E-state index in [0.29, 0.717) is 57.1 Å². The van der Waals surface area contributed by atoms with Crippen LogP contribution in [-0.4, -0.2) is 77.2 Å². The van der Waals surface area contributed by atoms with E-state index in [-0.39, 0.29) is 27.3 Å². The summed E-state index contributed by atoms with van der Waals surface area (Å²) in [7, 11) is -1.85. The molecule has 0 radical (unpaired) electrons. The number of nitrogens with zero attached hydrogens (tertiary/aromatic N) is 5. The molecule has 1 saturated heterocycles. The molecule has 33 heavy (non-hydrogen) atoms. The predicted octanol–water partition coefficient (Wildman–Crippen LogP) is 1.61. The standard InChI is InChI=1S/C22H30N6O4S/c1-5-7-17-19-20(27(4)25-17)22(29)24-21(23-19)16-14-15(8-9-18(16)32-6-2)33(30,31)28-12-10-26(3)11-13-28/h8-9,14H,5-7,10-13H2,1-4H3,(H,23,24,29)/i4D3. The topological polar surface area (TPSA) is 113 Å². The zero-order valence-corrected chi connectivity index (χ0v) is 19.8. The molecule has 0 bridgehead atoms. The number of aromatic nitrogens is 4. The molecular weight excluding hydrogens is 444 g/mol. The van der Waals surface area contributed by atoms with E-state index in [0.717, 1.165) is 4.68 Å². The van der Waals surface area contributed by atoms with Gasteiger partial charge in [0, 0.05) is 37.3 Å². The number of likely N-dealkylation sites (N-methyl/N-ethyl adjacent to an activating group) is 1. The number of sulfonamides is 1. The Balaban J connectivity index is 1.89. The maximum absolute atomic E-state index is 13.4. The fourth-order valence-electron chi connectivity index (χ4n) is 3.93. The van der Waals surface area contributed by atoms with E-state index in [4.69, 9.17) is 8.85 Å². The van der Waals surface area contributed by atoms with Gasteiger partial charge in [-0.1, -0.05) is 13.3 Å². The monoisotopic (exact) mass is 477 g/mol. The molecule has 1 aliphatic rings. The Hall–Kier alpha value is -2.76. The number of ether oxygens (including phenoxy) is 1. The Labute approximate surface area is 197 Å². The molecule has 10 nitrogen and oxygen atoms in total. The highest BCUT2D eigenvalue weighted by Gasteiger charge is 2.29. The number of aryl methyl sites for hydroxylation is 2. The number of hydrogen-bond acceptors (Lipinski definition) is 7. The SMILES string of the molecule is [2H]C([2H])([2H])n1nc(CCC)c2nc(-c3cc(S(=O)(=O)N4CCN(C)CC4)ccc3OCC)[nH]c(=O)c21. The van der Waals surface area contributed by atoms with Gasteiger partial charge >= 0.3 is 0 Å². The van der Waals surface area contributed by atoms with Crippen LogP contribution in [0.25, 0.3) is 22.4 Å². The van der Waals surface area contributed by atoms with E-state index in [2.05, 4.69) is 20.0 Å². The Morgan fingerprint density at radius 2 is 1.97 bits per heavy atom. The highest BCUT2D eigenvalue weighted by atomic mass is 32.2. The normalized spacial score (nSPS) is 17.6. The zero-order valence-electron chi connectivity index (χ0n) is 22.0. The van der Waals surface area contributed by atoms with Crippen LogP contribution in [0.2, 0.25) is 0 Å². The molecule has 3 heterocycles. The Bertz CT molecular complexity index is 1430. The number of rotatable bonds is 7. The molecule has 2 aromatic heterocycles. The Morgan fingerprint density at radius 3 is 2.64 bits per heavy atom. The molecular formula is C22H30N6O4S. The van der Waals surface area contributed by atoms with Crippen molar-refractivity contribution in [3.05, 3.63) is 34.2 Å². The number of nitrogens with one attached hydrogen (secondary N) is 1. The molecule has 0 aliphatic carbocycles. The number of piperazine rings is 1. The van der Waals surface area contributed by atoms with Crippen LogP contribution in [-0.2, 0) is 23.4 Å². The van der Waals surface area contributed by atoms with Crippen molar-refractivity contribution in [2.45, 2.75) is 31.6 Å². The van der Waals surface area contributed by atoms with Crippen LogP contribution in [0.4, 0.5) is 0 Å².